The highest BCUT2D eigenvalue weighted by Crippen LogP contribution is 2.03. The van der Waals surface area contributed by atoms with Crippen LogP contribution in [-0.2, 0) is 18.3 Å². The molecule has 1 rings (SSSR count). The van der Waals surface area contributed by atoms with Gasteiger partial charge in [0.25, 0.3) is 0 Å². The van der Waals surface area contributed by atoms with Gasteiger partial charge in [-0.15, -0.1) is 5.10 Å². The maximum Gasteiger partial charge on any atom is 0.138 e. The maximum atomic E-state index is 11.4. The summed E-state index contributed by atoms with van der Waals surface area (Å²) in [4.78, 5) is 11.4. The number of rotatable bonds is 6. The minimum Gasteiger partial charge on any atom is -0.299 e. The lowest BCUT2D eigenvalue weighted by Gasteiger charge is -1.96. The van der Waals surface area contributed by atoms with Gasteiger partial charge in [-0.05, 0) is 6.42 Å². The van der Waals surface area contributed by atoms with Crippen LogP contribution >= 0.6 is 0 Å². The molecule has 4 heteroatoms. The summed E-state index contributed by atoms with van der Waals surface area (Å²) >= 11 is 0. The van der Waals surface area contributed by atoms with Crippen LogP contribution in [0.15, 0.2) is 6.20 Å². The highest BCUT2D eigenvalue weighted by molar-refractivity contribution is 5.80. The lowest BCUT2D eigenvalue weighted by atomic mass is 10.1. The van der Waals surface area contributed by atoms with Crippen molar-refractivity contribution in [3.8, 4) is 0 Å². The van der Waals surface area contributed by atoms with Crippen molar-refractivity contribution >= 4 is 5.78 Å². The summed E-state index contributed by atoms with van der Waals surface area (Å²) in [5, 5.41) is 7.66. The van der Waals surface area contributed by atoms with Gasteiger partial charge < -0.3 is 0 Å². The molecule has 0 N–H and O–H groups in total. The number of carbonyl (C=O) groups is 1. The summed E-state index contributed by atoms with van der Waals surface area (Å²) in [5.41, 5.74) is 0.772. The fourth-order valence-corrected chi connectivity index (χ4v) is 1.34. The predicted octanol–water partition coefficient (Wildman–Crippen LogP) is 1.51. The van der Waals surface area contributed by atoms with E-state index < -0.39 is 0 Å². The van der Waals surface area contributed by atoms with Gasteiger partial charge in [-0.25, -0.2) is 0 Å². The number of ketones is 1. The van der Waals surface area contributed by atoms with E-state index in [2.05, 4.69) is 17.2 Å². The van der Waals surface area contributed by atoms with E-state index in [4.69, 9.17) is 0 Å². The van der Waals surface area contributed by atoms with E-state index in [1.54, 1.807) is 17.9 Å². The van der Waals surface area contributed by atoms with Gasteiger partial charge in [0.2, 0.25) is 0 Å². The minimum atomic E-state index is 0.263. The molecule has 1 heterocycles. The molecule has 0 unspecified atom stereocenters. The molecule has 14 heavy (non-hydrogen) atoms. The van der Waals surface area contributed by atoms with Crippen molar-refractivity contribution < 1.29 is 4.79 Å². The lowest BCUT2D eigenvalue weighted by molar-refractivity contribution is -0.118. The Labute approximate surface area is 84.3 Å². The first kappa shape index (κ1) is 10.9. The summed E-state index contributed by atoms with van der Waals surface area (Å²) < 4.78 is 1.62. The molecule has 0 aliphatic carbocycles. The normalized spacial score (nSPS) is 10.4. The van der Waals surface area contributed by atoms with Crippen molar-refractivity contribution in [3.63, 3.8) is 0 Å². The highest BCUT2D eigenvalue weighted by atomic mass is 16.1. The summed E-state index contributed by atoms with van der Waals surface area (Å²) in [6.45, 7) is 2.13. The first-order chi connectivity index (χ1) is 6.72. The zero-order valence-electron chi connectivity index (χ0n) is 8.86. The van der Waals surface area contributed by atoms with E-state index in [0.29, 0.717) is 12.8 Å². The maximum absolute atomic E-state index is 11.4. The van der Waals surface area contributed by atoms with Crippen LogP contribution in [0, 0.1) is 0 Å². The van der Waals surface area contributed by atoms with Crippen LogP contribution in [0.3, 0.4) is 0 Å². The number of unbranched alkanes of at least 4 members (excludes halogenated alkanes) is 2. The minimum absolute atomic E-state index is 0.263. The molecule has 1 aromatic rings. The van der Waals surface area contributed by atoms with Crippen molar-refractivity contribution in [3.05, 3.63) is 11.9 Å². The molecule has 0 spiro atoms. The van der Waals surface area contributed by atoms with Crippen LogP contribution in [0.1, 0.15) is 38.3 Å². The molecular weight excluding hydrogens is 178 g/mol. The summed E-state index contributed by atoms with van der Waals surface area (Å²) in [5.74, 6) is 0.263. The SMILES string of the molecule is CCCCCC(=O)Cc1cn(C)nn1. The Bertz CT molecular complexity index is 293. The third-order valence-corrected chi connectivity index (χ3v) is 2.09. The Hall–Kier alpha value is -1.19. The van der Waals surface area contributed by atoms with Crippen molar-refractivity contribution in [1.82, 2.24) is 15.0 Å². The Balaban J connectivity index is 2.27. The van der Waals surface area contributed by atoms with Crippen LogP contribution in [0.4, 0.5) is 0 Å². The number of aromatic nitrogens is 3. The van der Waals surface area contributed by atoms with E-state index in [0.717, 1.165) is 25.0 Å². The molecule has 78 valence electrons. The lowest BCUT2D eigenvalue weighted by Crippen LogP contribution is -2.02. The van der Waals surface area contributed by atoms with Crippen LogP contribution in [0.5, 0.6) is 0 Å². The Morgan fingerprint density at radius 1 is 1.50 bits per heavy atom. The van der Waals surface area contributed by atoms with Crippen molar-refractivity contribution in [2.45, 2.75) is 39.0 Å². The molecule has 0 aromatic carbocycles. The van der Waals surface area contributed by atoms with E-state index in [-0.39, 0.29) is 5.78 Å². The molecule has 0 fully saturated rings. The van der Waals surface area contributed by atoms with Gasteiger partial charge in [-0.3, -0.25) is 9.48 Å². The zero-order valence-corrected chi connectivity index (χ0v) is 8.86. The molecule has 0 saturated carbocycles. The fraction of sp³-hybridized carbons (Fsp3) is 0.700. The number of nitrogens with zero attached hydrogens (tertiary/aromatic N) is 3. The van der Waals surface area contributed by atoms with E-state index in [1.165, 1.54) is 0 Å². The number of hydrogen-bond donors (Lipinski definition) is 0. The summed E-state index contributed by atoms with van der Waals surface area (Å²) in [6.07, 6.45) is 6.17. The van der Waals surface area contributed by atoms with Crippen molar-refractivity contribution in [1.29, 1.82) is 0 Å². The second-order valence-electron chi connectivity index (χ2n) is 3.56. The van der Waals surface area contributed by atoms with Crippen molar-refractivity contribution in [2.75, 3.05) is 0 Å². The quantitative estimate of drug-likeness (QED) is 0.646. The van der Waals surface area contributed by atoms with Crippen LogP contribution in [-0.4, -0.2) is 20.8 Å². The molecule has 0 atom stereocenters. The first-order valence-corrected chi connectivity index (χ1v) is 5.09. The topological polar surface area (TPSA) is 47.8 Å². The molecule has 0 amide bonds. The number of aryl methyl sites for hydroxylation is 1. The third-order valence-electron chi connectivity index (χ3n) is 2.09. The molecule has 1 aromatic heterocycles. The second-order valence-corrected chi connectivity index (χ2v) is 3.56. The molecule has 0 aliphatic heterocycles. The highest BCUT2D eigenvalue weighted by Gasteiger charge is 2.05. The van der Waals surface area contributed by atoms with Gasteiger partial charge in [0.1, 0.15) is 5.78 Å². The molecular formula is C10H17N3O. The van der Waals surface area contributed by atoms with Gasteiger partial charge in [-0.2, -0.15) is 0 Å². The van der Waals surface area contributed by atoms with Gasteiger partial charge in [-0.1, -0.05) is 25.0 Å². The molecule has 0 aliphatic rings. The van der Waals surface area contributed by atoms with Crippen LogP contribution in [0.2, 0.25) is 0 Å². The summed E-state index contributed by atoms with van der Waals surface area (Å²) in [6, 6.07) is 0. The number of hydrogen-bond acceptors (Lipinski definition) is 3. The third kappa shape index (κ3) is 3.68. The molecule has 0 bridgehead atoms. The molecule has 4 nitrogen and oxygen atoms in total. The van der Waals surface area contributed by atoms with Gasteiger partial charge in [0.15, 0.2) is 0 Å². The summed E-state index contributed by atoms with van der Waals surface area (Å²) in [7, 11) is 1.80. The Morgan fingerprint density at radius 2 is 2.29 bits per heavy atom. The van der Waals surface area contributed by atoms with Crippen molar-refractivity contribution in [2.24, 2.45) is 7.05 Å². The van der Waals surface area contributed by atoms with E-state index >= 15 is 0 Å². The monoisotopic (exact) mass is 195 g/mol. The Morgan fingerprint density at radius 3 is 2.86 bits per heavy atom. The van der Waals surface area contributed by atoms with E-state index in [1.807, 2.05) is 0 Å². The Kier molecular flexibility index (Phi) is 4.29. The smallest absolute Gasteiger partial charge is 0.138 e. The van der Waals surface area contributed by atoms with E-state index in [9.17, 15) is 4.79 Å². The largest absolute Gasteiger partial charge is 0.299 e. The fourth-order valence-electron chi connectivity index (χ4n) is 1.34. The van der Waals surface area contributed by atoms with Crippen LogP contribution in [0.25, 0.3) is 0 Å². The molecule has 0 saturated heterocycles. The second kappa shape index (κ2) is 5.52. The molecule has 0 radical (unpaired) electrons. The zero-order chi connectivity index (χ0) is 10.4. The average Bonchev–Trinajstić information content (AvgIpc) is 2.52. The average molecular weight is 195 g/mol. The van der Waals surface area contributed by atoms with Crippen LogP contribution < -0.4 is 0 Å². The van der Waals surface area contributed by atoms with Gasteiger partial charge >= 0.3 is 0 Å². The predicted molar refractivity (Wildman–Crippen MR) is 53.9 cm³/mol. The standard InChI is InChI=1S/C10H17N3O/c1-3-4-5-6-10(14)7-9-8-13(2)12-11-9/h8H,3-7H2,1-2H3. The first-order valence-electron chi connectivity index (χ1n) is 5.09. The number of Topliss-reactive ketones (excluding diaryl/α,β-unsaturated/α-hetero) is 1. The number of carbonyl (C=O) groups excluding carboxylic acids is 1. The van der Waals surface area contributed by atoms with Gasteiger partial charge in [0.05, 0.1) is 12.1 Å². The van der Waals surface area contributed by atoms with Gasteiger partial charge in [0, 0.05) is 19.7 Å².